The molecule has 0 amide bonds. The Labute approximate surface area is 101 Å². The Bertz CT molecular complexity index is 291. The van der Waals surface area contributed by atoms with Crippen molar-refractivity contribution >= 4 is 29.2 Å². The summed E-state index contributed by atoms with van der Waals surface area (Å²) in [6.07, 6.45) is 1.64. The van der Waals surface area contributed by atoms with Crippen LogP contribution in [0, 0.1) is 17.3 Å². The Hall–Kier alpha value is -0.210. The monoisotopic (exact) mass is 250 g/mol. The molecule has 15 heavy (non-hydrogen) atoms. The molecule has 0 spiro atoms. The second-order valence-electron chi connectivity index (χ2n) is 4.77. The van der Waals surface area contributed by atoms with E-state index in [4.69, 9.17) is 27.9 Å². The van der Waals surface area contributed by atoms with E-state index in [1.54, 1.807) is 6.08 Å². The molecule has 4 heteroatoms. The summed E-state index contributed by atoms with van der Waals surface area (Å²) in [4.78, 5) is 11.7. The fraction of sp³-hybridized carbons (Fsp3) is 0.727. The van der Waals surface area contributed by atoms with Crippen molar-refractivity contribution in [1.82, 2.24) is 0 Å². The SMILES string of the molecule is CC(C)OC(=O)C1C(C=C(Cl)Cl)C1(C)C. The van der Waals surface area contributed by atoms with E-state index in [2.05, 4.69) is 0 Å². The van der Waals surface area contributed by atoms with Crippen LogP contribution >= 0.6 is 23.2 Å². The van der Waals surface area contributed by atoms with Gasteiger partial charge in [0.05, 0.1) is 12.0 Å². The number of hydrogen-bond donors (Lipinski definition) is 0. The van der Waals surface area contributed by atoms with Gasteiger partial charge in [-0.25, -0.2) is 0 Å². The first-order chi connectivity index (χ1) is 6.76. The Morgan fingerprint density at radius 2 is 1.93 bits per heavy atom. The molecule has 1 rings (SSSR count). The van der Waals surface area contributed by atoms with Gasteiger partial charge in [0.1, 0.15) is 4.49 Å². The third kappa shape index (κ3) is 2.88. The molecule has 0 aliphatic heterocycles. The minimum absolute atomic E-state index is 0.0787. The van der Waals surface area contributed by atoms with Crippen LogP contribution in [0.4, 0.5) is 0 Å². The molecule has 0 N–H and O–H groups in total. The largest absolute Gasteiger partial charge is 0.463 e. The van der Waals surface area contributed by atoms with Crippen LogP contribution in [0.3, 0.4) is 0 Å². The molecule has 0 aromatic heterocycles. The summed E-state index contributed by atoms with van der Waals surface area (Å²) >= 11 is 11.2. The van der Waals surface area contributed by atoms with Gasteiger partial charge in [0, 0.05) is 0 Å². The second kappa shape index (κ2) is 4.34. The number of halogens is 2. The van der Waals surface area contributed by atoms with Crippen LogP contribution in [0.15, 0.2) is 10.6 Å². The Morgan fingerprint density at radius 3 is 2.33 bits per heavy atom. The lowest BCUT2D eigenvalue weighted by Gasteiger charge is -2.08. The highest BCUT2D eigenvalue weighted by Crippen LogP contribution is 2.60. The highest BCUT2D eigenvalue weighted by atomic mass is 35.5. The zero-order valence-electron chi connectivity index (χ0n) is 9.38. The summed E-state index contributed by atoms with van der Waals surface area (Å²) in [7, 11) is 0. The van der Waals surface area contributed by atoms with Crippen molar-refractivity contribution in [3.05, 3.63) is 10.6 Å². The first kappa shape index (κ1) is 12.9. The lowest BCUT2D eigenvalue weighted by molar-refractivity contribution is -0.150. The van der Waals surface area contributed by atoms with Gasteiger partial charge in [0.15, 0.2) is 0 Å². The molecule has 0 radical (unpaired) electrons. The molecule has 2 unspecified atom stereocenters. The fourth-order valence-corrected chi connectivity index (χ4v) is 2.15. The minimum Gasteiger partial charge on any atom is -0.463 e. The van der Waals surface area contributed by atoms with Crippen LogP contribution in [0.1, 0.15) is 27.7 Å². The van der Waals surface area contributed by atoms with Gasteiger partial charge in [0.25, 0.3) is 0 Å². The van der Waals surface area contributed by atoms with Crippen LogP contribution in [-0.2, 0) is 9.53 Å². The number of hydrogen-bond acceptors (Lipinski definition) is 2. The summed E-state index contributed by atoms with van der Waals surface area (Å²) in [5.41, 5.74) is -0.0962. The van der Waals surface area contributed by atoms with Crippen LogP contribution in [0.5, 0.6) is 0 Å². The maximum Gasteiger partial charge on any atom is 0.310 e. The molecule has 0 bridgehead atoms. The van der Waals surface area contributed by atoms with E-state index in [-0.39, 0.29) is 33.8 Å². The third-order valence-electron chi connectivity index (χ3n) is 2.82. The third-order valence-corrected chi connectivity index (χ3v) is 3.07. The van der Waals surface area contributed by atoms with Crippen molar-refractivity contribution in [3.8, 4) is 0 Å². The molecule has 1 fully saturated rings. The van der Waals surface area contributed by atoms with Gasteiger partial charge >= 0.3 is 5.97 Å². The molecule has 1 saturated carbocycles. The predicted octanol–water partition coefficient (Wildman–Crippen LogP) is 3.53. The predicted molar refractivity (Wildman–Crippen MR) is 61.8 cm³/mol. The molecule has 0 aromatic carbocycles. The van der Waals surface area contributed by atoms with Crippen LogP contribution in [0.2, 0.25) is 0 Å². The van der Waals surface area contributed by atoms with Crippen molar-refractivity contribution in [2.45, 2.75) is 33.8 Å². The van der Waals surface area contributed by atoms with Gasteiger partial charge in [0.2, 0.25) is 0 Å². The van der Waals surface area contributed by atoms with E-state index in [0.717, 1.165) is 0 Å². The zero-order valence-corrected chi connectivity index (χ0v) is 10.9. The lowest BCUT2D eigenvalue weighted by Crippen LogP contribution is -2.15. The average Bonchev–Trinajstić information content (AvgIpc) is 2.49. The average molecular weight is 251 g/mol. The van der Waals surface area contributed by atoms with Crippen LogP contribution < -0.4 is 0 Å². The summed E-state index contributed by atoms with van der Waals surface area (Å²) in [6.45, 7) is 7.70. The van der Waals surface area contributed by atoms with Crippen molar-refractivity contribution < 1.29 is 9.53 Å². The number of rotatable bonds is 3. The van der Waals surface area contributed by atoms with Crippen molar-refractivity contribution in [2.24, 2.45) is 17.3 Å². The van der Waals surface area contributed by atoms with Crippen molar-refractivity contribution in [2.75, 3.05) is 0 Å². The molecule has 1 aliphatic carbocycles. The highest BCUT2D eigenvalue weighted by molar-refractivity contribution is 6.55. The lowest BCUT2D eigenvalue weighted by atomic mass is 10.1. The number of allylic oxidation sites excluding steroid dienone is 1. The van der Waals surface area contributed by atoms with Gasteiger partial charge in [-0.1, -0.05) is 37.0 Å². The molecular formula is C11H16Cl2O2. The molecule has 0 saturated heterocycles. The number of ether oxygens (including phenoxy) is 1. The topological polar surface area (TPSA) is 26.3 Å². The molecular weight excluding hydrogens is 235 g/mol. The second-order valence-corrected chi connectivity index (χ2v) is 5.77. The van der Waals surface area contributed by atoms with Crippen LogP contribution in [0.25, 0.3) is 0 Å². The Morgan fingerprint density at radius 1 is 1.40 bits per heavy atom. The van der Waals surface area contributed by atoms with E-state index in [9.17, 15) is 4.79 Å². The number of esters is 1. The van der Waals surface area contributed by atoms with E-state index in [0.29, 0.717) is 0 Å². The van der Waals surface area contributed by atoms with Gasteiger partial charge in [-0.15, -0.1) is 0 Å². The van der Waals surface area contributed by atoms with Crippen molar-refractivity contribution in [1.29, 1.82) is 0 Å². The smallest absolute Gasteiger partial charge is 0.310 e. The summed E-state index contributed by atoms with van der Waals surface area (Å²) < 4.78 is 5.38. The zero-order chi connectivity index (χ0) is 11.8. The van der Waals surface area contributed by atoms with Crippen LogP contribution in [-0.4, -0.2) is 12.1 Å². The molecule has 0 aromatic rings. The van der Waals surface area contributed by atoms with Gasteiger partial charge < -0.3 is 4.74 Å². The van der Waals surface area contributed by atoms with Gasteiger partial charge in [-0.3, -0.25) is 4.79 Å². The summed E-state index contributed by atoms with van der Waals surface area (Å²) in [6, 6.07) is 0. The molecule has 86 valence electrons. The minimum atomic E-state index is -0.161. The molecule has 2 nitrogen and oxygen atoms in total. The summed E-state index contributed by atoms with van der Waals surface area (Å²) in [5.74, 6) is -0.188. The van der Waals surface area contributed by atoms with E-state index in [1.165, 1.54) is 0 Å². The molecule has 1 aliphatic rings. The van der Waals surface area contributed by atoms with E-state index in [1.807, 2.05) is 27.7 Å². The Balaban J connectivity index is 2.66. The molecule has 2 atom stereocenters. The standard InChI is InChI=1S/C11H16Cl2O2/c1-6(2)15-10(14)9-7(5-8(12)13)11(9,3)4/h5-7,9H,1-4H3. The number of carbonyl (C=O) groups excluding carboxylic acids is 1. The first-order valence-electron chi connectivity index (χ1n) is 5.00. The quantitative estimate of drug-likeness (QED) is 0.717. The fourth-order valence-electron chi connectivity index (χ4n) is 1.88. The number of carbonyl (C=O) groups is 1. The van der Waals surface area contributed by atoms with E-state index >= 15 is 0 Å². The molecule has 0 heterocycles. The maximum absolute atomic E-state index is 11.7. The van der Waals surface area contributed by atoms with Crippen molar-refractivity contribution in [3.63, 3.8) is 0 Å². The normalized spacial score (nSPS) is 27.4. The highest BCUT2D eigenvalue weighted by Gasteiger charge is 2.61. The van der Waals surface area contributed by atoms with E-state index < -0.39 is 0 Å². The first-order valence-corrected chi connectivity index (χ1v) is 5.75. The van der Waals surface area contributed by atoms with Gasteiger partial charge in [-0.2, -0.15) is 0 Å². The van der Waals surface area contributed by atoms with Gasteiger partial charge in [-0.05, 0) is 31.3 Å². The maximum atomic E-state index is 11.7. The Kier molecular flexibility index (Phi) is 3.72. The summed E-state index contributed by atoms with van der Waals surface area (Å²) in [5, 5.41) is 0.